The van der Waals surface area contributed by atoms with E-state index in [9.17, 15) is 4.79 Å². The van der Waals surface area contributed by atoms with Crippen molar-refractivity contribution in [3.05, 3.63) is 12.7 Å². The van der Waals surface area contributed by atoms with E-state index >= 15 is 0 Å². The molecule has 0 aliphatic heterocycles. The van der Waals surface area contributed by atoms with Gasteiger partial charge in [0.1, 0.15) is 0 Å². The molecule has 2 N–H and O–H groups in total. The molecule has 0 aromatic heterocycles. The van der Waals surface area contributed by atoms with Crippen molar-refractivity contribution in [2.45, 2.75) is 0 Å². The van der Waals surface area contributed by atoms with Crippen LogP contribution in [0.25, 0.3) is 0 Å². The van der Waals surface area contributed by atoms with Crippen LogP contribution in [-0.4, -0.2) is 5.91 Å². The Balaban J connectivity index is 0. The molecule has 0 unspecified atom stereocenters. The van der Waals surface area contributed by atoms with Gasteiger partial charge in [-0.05, 0) is 0 Å². The zero-order valence-electron chi connectivity index (χ0n) is 3.22. The van der Waals surface area contributed by atoms with Crippen LogP contribution in [0.15, 0.2) is 6.08 Å². The summed E-state index contributed by atoms with van der Waals surface area (Å²) in [6.45, 7) is 4.57. The molecule has 3 heteroatoms. The van der Waals surface area contributed by atoms with Crippen LogP contribution in [0, 0.1) is 6.58 Å². The molecule has 6 heavy (non-hydrogen) atoms. The maximum atomic E-state index is 9.41. The van der Waals surface area contributed by atoms with E-state index in [1.165, 1.54) is 0 Å². The molecule has 2 nitrogen and oxygen atoms in total. The first kappa shape index (κ1) is 9.58. The van der Waals surface area contributed by atoms with Crippen LogP contribution in [0.4, 0.5) is 0 Å². The van der Waals surface area contributed by atoms with Gasteiger partial charge in [0.05, 0.1) is 5.91 Å². The van der Waals surface area contributed by atoms with Gasteiger partial charge in [-0.25, -0.2) is 0 Å². The quantitative estimate of drug-likeness (QED) is 0.405. The van der Waals surface area contributed by atoms with Crippen LogP contribution in [0.1, 0.15) is 0 Å². The molecule has 0 heterocycles. The molecule has 1 amide bonds. The summed E-state index contributed by atoms with van der Waals surface area (Å²) < 4.78 is 0. The van der Waals surface area contributed by atoms with Crippen molar-refractivity contribution < 1.29 is 37.5 Å². The minimum absolute atomic E-state index is 0. The summed E-state index contributed by atoms with van der Waals surface area (Å²) in [5.41, 5.74) is 4.47. The van der Waals surface area contributed by atoms with Crippen molar-refractivity contribution in [1.82, 2.24) is 0 Å². The average Bonchev–Trinajstić information content (AvgIpc) is 1.38. The van der Waals surface area contributed by atoms with Gasteiger partial charge in [0.25, 0.3) is 0 Å². The first-order valence-corrected chi connectivity index (χ1v) is 1.11. The van der Waals surface area contributed by atoms with Gasteiger partial charge in [0.2, 0.25) is 0 Å². The molecule has 0 aliphatic carbocycles. The van der Waals surface area contributed by atoms with Crippen LogP contribution >= 0.6 is 0 Å². The maximum Gasteiger partial charge on any atom is 0.0817 e. The van der Waals surface area contributed by atoms with Crippen molar-refractivity contribution >= 4 is 5.91 Å². The smallest absolute Gasteiger partial charge is 0.0817 e. The minimum atomic E-state index is -0.593. The number of amides is 1. The molecule has 0 saturated carbocycles. The molecule has 0 rings (SSSR count). The Morgan fingerprint density at radius 2 is 2.00 bits per heavy atom. The number of primary amides is 1. The van der Waals surface area contributed by atoms with E-state index in [1.54, 1.807) is 0 Å². The molecule has 0 saturated heterocycles. The number of nitrogens with two attached hydrogens (primary N) is 1. The van der Waals surface area contributed by atoms with Gasteiger partial charge in [0.15, 0.2) is 0 Å². The predicted molar refractivity (Wildman–Crippen MR) is 18.1 cm³/mol. The summed E-state index contributed by atoms with van der Waals surface area (Å²) >= 11 is 0. The van der Waals surface area contributed by atoms with E-state index in [2.05, 4.69) is 12.3 Å². The molecule has 1 radical (unpaired) electrons. The normalized spacial score (nSPS) is 5.33. The number of rotatable bonds is 1. The van der Waals surface area contributed by atoms with Crippen LogP contribution < -0.4 is 5.73 Å². The van der Waals surface area contributed by atoms with Crippen LogP contribution in [-0.2, 0) is 37.5 Å². The fourth-order valence-corrected chi connectivity index (χ4v) is 0. The Morgan fingerprint density at radius 3 is 2.00 bits per heavy atom. The SMILES string of the molecule is [CH-]=CC(N)=O.[Y]. The second-order valence-corrected chi connectivity index (χ2v) is 0.569. The standard InChI is InChI=1S/C3H4NO.Y/c1-2-3(4)5;/h1-2H,(H2,4,5);/q-1;. The van der Waals surface area contributed by atoms with E-state index in [1.807, 2.05) is 0 Å². The Bertz CT molecular complexity index is 61.8. The molecule has 0 aliphatic rings. The number of carbonyl (C=O) groups is 1. The number of carbonyl (C=O) groups excluding carboxylic acids is 1. The molecule has 0 fully saturated rings. The minimum Gasteiger partial charge on any atom is -0.443 e. The Hall–Kier alpha value is 0.314. The summed E-state index contributed by atoms with van der Waals surface area (Å²) in [7, 11) is 0. The van der Waals surface area contributed by atoms with Gasteiger partial charge in [-0.1, -0.05) is 0 Å². The zero-order valence-corrected chi connectivity index (χ0v) is 6.06. The van der Waals surface area contributed by atoms with Gasteiger partial charge in [0, 0.05) is 32.7 Å². The summed E-state index contributed by atoms with van der Waals surface area (Å²) in [5, 5.41) is 0. The summed E-state index contributed by atoms with van der Waals surface area (Å²) in [5.74, 6) is -0.593. The van der Waals surface area contributed by atoms with Crippen molar-refractivity contribution in [3.8, 4) is 0 Å². The Kier molecular flexibility index (Phi) is 8.48. The Morgan fingerprint density at radius 1 is 1.83 bits per heavy atom. The van der Waals surface area contributed by atoms with Gasteiger partial charge in [-0.2, -0.15) is 6.08 Å². The van der Waals surface area contributed by atoms with Gasteiger partial charge < -0.3 is 10.5 Å². The van der Waals surface area contributed by atoms with Crippen LogP contribution in [0.5, 0.6) is 0 Å². The van der Waals surface area contributed by atoms with Crippen molar-refractivity contribution in [2.75, 3.05) is 0 Å². The van der Waals surface area contributed by atoms with E-state index in [0.717, 1.165) is 6.08 Å². The largest absolute Gasteiger partial charge is 0.443 e. The number of hydrogen-bond acceptors (Lipinski definition) is 1. The van der Waals surface area contributed by atoms with E-state index in [4.69, 9.17) is 0 Å². The summed E-state index contributed by atoms with van der Waals surface area (Å²) in [6, 6.07) is 0. The van der Waals surface area contributed by atoms with Crippen LogP contribution in [0.3, 0.4) is 0 Å². The molecule has 0 aromatic rings. The van der Waals surface area contributed by atoms with E-state index in [-0.39, 0.29) is 32.7 Å². The van der Waals surface area contributed by atoms with Gasteiger partial charge in [-0.15, -0.1) is 0 Å². The first-order valence-electron chi connectivity index (χ1n) is 1.11. The summed E-state index contributed by atoms with van der Waals surface area (Å²) in [6.07, 6.45) is 0.806. The van der Waals surface area contributed by atoms with E-state index < -0.39 is 5.91 Å². The molecule has 0 spiro atoms. The monoisotopic (exact) mass is 159 g/mol. The molecule has 0 bridgehead atoms. The van der Waals surface area contributed by atoms with Crippen molar-refractivity contribution in [2.24, 2.45) is 5.73 Å². The average molecular weight is 159 g/mol. The molecular formula is C3H4NOY-. The predicted octanol–water partition coefficient (Wildman–Crippen LogP) is -0.542. The van der Waals surface area contributed by atoms with Crippen molar-refractivity contribution in [1.29, 1.82) is 0 Å². The molecule has 0 aromatic carbocycles. The third-order valence-corrected chi connectivity index (χ3v) is 0.164. The Labute approximate surface area is 61.7 Å². The second kappa shape index (κ2) is 5.31. The number of hydrogen-bond donors (Lipinski definition) is 1. The first-order chi connectivity index (χ1) is 2.27. The fourth-order valence-electron chi connectivity index (χ4n) is 0. The molecule has 31 valence electrons. The summed E-state index contributed by atoms with van der Waals surface area (Å²) in [4.78, 5) is 9.41. The fraction of sp³-hybridized carbons (Fsp3) is 0. The van der Waals surface area contributed by atoms with E-state index in [0.29, 0.717) is 0 Å². The van der Waals surface area contributed by atoms with Gasteiger partial charge >= 0.3 is 0 Å². The topological polar surface area (TPSA) is 43.1 Å². The van der Waals surface area contributed by atoms with Crippen molar-refractivity contribution in [3.63, 3.8) is 0 Å². The molecule has 0 atom stereocenters. The third-order valence-electron chi connectivity index (χ3n) is 0.164. The van der Waals surface area contributed by atoms with Crippen LogP contribution in [0.2, 0.25) is 0 Å². The third kappa shape index (κ3) is 8.85. The van der Waals surface area contributed by atoms with Gasteiger partial charge in [-0.3, -0.25) is 6.58 Å². The maximum absolute atomic E-state index is 9.41. The zero-order chi connectivity index (χ0) is 4.28. The second-order valence-electron chi connectivity index (χ2n) is 0.569. The molecular weight excluding hydrogens is 155 g/mol.